The van der Waals surface area contributed by atoms with E-state index < -0.39 is 6.10 Å². The van der Waals surface area contributed by atoms with Gasteiger partial charge in [-0.25, -0.2) is 4.39 Å². The predicted molar refractivity (Wildman–Crippen MR) is 114 cm³/mol. The fraction of sp³-hybridized carbons (Fsp3) is 0.240. The fourth-order valence-corrected chi connectivity index (χ4v) is 3.76. The summed E-state index contributed by atoms with van der Waals surface area (Å²) in [7, 11) is 0. The second-order valence-corrected chi connectivity index (χ2v) is 7.56. The van der Waals surface area contributed by atoms with Crippen molar-refractivity contribution in [2.75, 3.05) is 13.1 Å². The number of likely N-dealkylation sites (tertiary alicyclic amines) is 1. The van der Waals surface area contributed by atoms with Gasteiger partial charge >= 0.3 is 5.97 Å². The predicted octanol–water partition coefficient (Wildman–Crippen LogP) is 4.41. The molecule has 0 radical (unpaired) electrons. The molecule has 0 N–H and O–H groups in total. The van der Waals surface area contributed by atoms with Gasteiger partial charge in [0.2, 0.25) is 0 Å². The zero-order chi connectivity index (χ0) is 21.6. The average molecular weight is 418 g/mol. The topological polar surface area (TPSA) is 59.5 Å². The Morgan fingerprint density at radius 1 is 0.935 bits per heavy atom. The molecule has 4 rings (SSSR count). The van der Waals surface area contributed by atoms with E-state index in [2.05, 4.69) is 4.98 Å². The van der Waals surface area contributed by atoms with Crippen molar-refractivity contribution in [3.05, 3.63) is 102 Å². The van der Waals surface area contributed by atoms with Crippen LogP contribution in [-0.4, -0.2) is 34.8 Å². The minimum Gasteiger partial charge on any atom is -0.451 e. The number of esters is 1. The zero-order valence-corrected chi connectivity index (χ0v) is 17.0. The van der Waals surface area contributed by atoms with Crippen LogP contribution in [0.25, 0.3) is 0 Å². The molecular weight excluding hydrogens is 395 g/mol. The molecule has 2 aromatic carbocycles. The maximum atomic E-state index is 13.1. The highest BCUT2D eigenvalue weighted by atomic mass is 19.1. The molecule has 1 atom stereocenters. The highest BCUT2D eigenvalue weighted by molar-refractivity contribution is 5.94. The smallest absolute Gasteiger partial charge is 0.310 e. The molecule has 2 heterocycles. The molecule has 31 heavy (non-hydrogen) atoms. The van der Waals surface area contributed by atoms with Gasteiger partial charge in [0, 0.05) is 24.8 Å². The van der Waals surface area contributed by atoms with Crippen LogP contribution in [0.3, 0.4) is 0 Å². The van der Waals surface area contributed by atoms with Crippen LogP contribution >= 0.6 is 0 Å². The highest BCUT2D eigenvalue weighted by Gasteiger charge is 2.31. The van der Waals surface area contributed by atoms with E-state index in [-0.39, 0.29) is 23.6 Å². The number of benzene rings is 2. The minimum absolute atomic E-state index is 0.150. The molecule has 1 saturated heterocycles. The summed E-state index contributed by atoms with van der Waals surface area (Å²) in [5.74, 6) is -1.10. The zero-order valence-electron chi connectivity index (χ0n) is 17.0. The van der Waals surface area contributed by atoms with Crippen LogP contribution in [0.5, 0.6) is 0 Å². The number of nitrogens with zero attached hydrogens (tertiary/aromatic N) is 2. The van der Waals surface area contributed by atoms with Crippen LogP contribution in [-0.2, 0) is 9.53 Å². The SMILES string of the molecule is O=C(O[C@@H](c1ccccc1)c1ccccn1)C1CCN(C(=O)c2ccc(F)cc2)CC1. The quantitative estimate of drug-likeness (QED) is 0.576. The van der Waals surface area contributed by atoms with Crippen molar-refractivity contribution in [3.8, 4) is 0 Å². The molecular formula is C25H23FN2O3. The van der Waals surface area contributed by atoms with Crippen LogP contribution in [0, 0.1) is 11.7 Å². The maximum absolute atomic E-state index is 13.1. The molecule has 1 aliphatic rings. The molecule has 0 bridgehead atoms. The molecule has 1 aliphatic heterocycles. The number of carbonyl (C=O) groups is 2. The largest absolute Gasteiger partial charge is 0.451 e. The molecule has 3 aromatic rings. The summed E-state index contributed by atoms with van der Waals surface area (Å²) in [6, 6.07) is 20.6. The number of rotatable bonds is 5. The second kappa shape index (κ2) is 9.51. The van der Waals surface area contributed by atoms with Gasteiger partial charge in [-0.2, -0.15) is 0 Å². The van der Waals surface area contributed by atoms with E-state index in [1.165, 1.54) is 24.3 Å². The lowest BCUT2D eigenvalue weighted by molar-refractivity contribution is -0.154. The Kier molecular flexibility index (Phi) is 6.36. The summed E-state index contributed by atoms with van der Waals surface area (Å²) in [5, 5.41) is 0. The lowest BCUT2D eigenvalue weighted by Crippen LogP contribution is -2.40. The molecule has 5 nitrogen and oxygen atoms in total. The van der Waals surface area contributed by atoms with Crippen LogP contribution in [0.2, 0.25) is 0 Å². The van der Waals surface area contributed by atoms with Crippen molar-refractivity contribution < 1.29 is 18.7 Å². The summed E-state index contributed by atoms with van der Waals surface area (Å²) in [5.41, 5.74) is 1.98. The van der Waals surface area contributed by atoms with Crippen molar-refractivity contribution in [3.63, 3.8) is 0 Å². The third kappa shape index (κ3) is 4.97. The van der Waals surface area contributed by atoms with Gasteiger partial charge in [-0.3, -0.25) is 14.6 Å². The van der Waals surface area contributed by atoms with Crippen molar-refractivity contribution in [2.45, 2.75) is 18.9 Å². The van der Waals surface area contributed by atoms with E-state index >= 15 is 0 Å². The van der Waals surface area contributed by atoms with Gasteiger partial charge in [0.15, 0.2) is 6.10 Å². The van der Waals surface area contributed by atoms with Crippen LogP contribution in [0.15, 0.2) is 79.0 Å². The number of hydrogen-bond donors (Lipinski definition) is 0. The summed E-state index contributed by atoms with van der Waals surface area (Å²) >= 11 is 0. The number of hydrogen-bond acceptors (Lipinski definition) is 4. The first-order valence-electron chi connectivity index (χ1n) is 10.3. The van der Waals surface area contributed by atoms with Crippen molar-refractivity contribution in [1.82, 2.24) is 9.88 Å². The Morgan fingerprint density at radius 3 is 2.26 bits per heavy atom. The average Bonchev–Trinajstić information content (AvgIpc) is 2.83. The molecule has 1 amide bonds. The van der Waals surface area contributed by atoms with Gasteiger partial charge in [0.05, 0.1) is 11.6 Å². The Morgan fingerprint density at radius 2 is 1.61 bits per heavy atom. The van der Waals surface area contributed by atoms with E-state index in [1.54, 1.807) is 11.1 Å². The third-order valence-corrected chi connectivity index (χ3v) is 5.50. The normalized spacial score (nSPS) is 15.3. The number of carbonyl (C=O) groups excluding carboxylic acids is 2. The van der Waals surface area contributed by atoms with E-state index in [4.69, 9.17) is 4.74 Å². The fourth-order valence-electron chi connectivity index (χ4n) is 3.76. The first-order chi connectivity index (χ1) is 15.1. The van der Waals surface area contributed by atoms with Gasteiger partial charge in [0.1, 0.15) is 5.82 Å². The first-order valence-corrected chi connectivity index (χ1v) is 10.3. The number of pyridine rings is 1. The molecule has 0 aliphatic carbocycles. The number of amides is 1. The van der Waals surface area contributed by atoms with Crippen LogP contribution in [0.1, 0.15) is 40.6 Å². The van der Waals surface area contributed by atoms with Crippen molar-refractivity contribution in [2.24, 2.45) is 5.92 Å². The Hall–Kier alpha value is -3.54. The van der Waals surface area contributed by atoms with E-state index in [1.807, 2.05) is 48.5 Å². The van der Waals surface area contributed by atoms with Crippen molar-refractivity contribution in [1.29, 1.82) is 0 Å². The monoisotopic (exact) mass is 418 g/mol. The Labute approximate surface area is 180 Å². The van der Waals surface area contributed by atoms with Gasteiger partial charge in [-0.05, 0) is 54.8 Å². The minimum atomic E-state index is -0.575. The molecule has 0 saturated carbocycles. The molecule has 0 unspecified atom stereocenters. The molecule has 1 aromatic heterocycles. The summed E-state index contributed by atoms with van der Waals surface area (Å²) in [6.45, 7) is 0.908. The Bertz CT molecular complexity index is 978. The summed E-state index contributed by atoms with van der Waals surface area (Å²) in [4.78, 5) is 31.6. The van der Waals surface area contributed by atoms with E-state index in [0.29, 0.717) is 37.2 Å². The second-order valence-electron chi connectivity index (χ2n) is 7.56. The van der Waals surface area contributed by atoms with Crippen LogP contribution < -0.4 is 0 Å². The number of aromatic nitrogens is 1. The molecule has 158 valence electrons. The summed E-state index contributed by atoms with van der Waals surface area (Å²) in [6.07, 6.45) is 2.15. The Balaban J connectivity index is 1.40. The van der Waals surface area contributed by atoms with Crippen molar-refractivity contribution >= 4 is 11.9 Å². The third-order valence-electron chi connectivity index (χ3n) is 5.50. The molecule has 1 fully saturated rings. The lowest BCUT2D eigenvalue weighted by Gasteiger charge is -2.31. The van der Waals surface area contributed by atoms with E-state index in [9.17, 15) is 14.0 Å². The number of halogens is 1. The first kappa shape index (κ1) is 20.7. The van der Waals surface area contributed by atoms with Gasteiger partial charge in [0.25, 0.3) is 5.91 Å². The molecule has 6 heteroatoms. The summed E-state index contributed by atoms with van der Waals surface area (Å²) < 4.78 is 19.0. The van der Waals surface area contributed by atoms with Gasteiger partial charge in [-0.1, -0.05) is 36.4 Å². The van der Waals surface area contributed by atoms with Gasteiger partial charge < -0.3 is 9.64 Å². The van der Waals surface area contributed by atoms with Gasteiger partial charge in [-0.15, -0.1) is 0 Å². The maximum Gasteiger partial charge on any atom is 0.310 e. The number of piperidine rings is 1. The van der Waals surface area contributed by atoms with E-state index in [0.717, 1.165) is 5.56 Å². The van der Waals surface area contributed by atoms with Crippen LogP contribution in [0.4, 0.5) is 4.39 Å². The lowest BCUT2D eigenvalue weighted by atomic mass is 9.96. The molecule has 0 spiro atoms. The standard InChI is InChI=1S/C25H23FN2O3/c26-21-11-9-19(10-12-21)24(29)28-16-13-20(14-17-28)25(30)31-23(18-6-2-1-3-7-18)22-8-4-5-15-27-22/h1-12,15,20,23H,13-14,16-17H2/t23-/m0/s1. The highest BCUT2D eigenvalue weighted by Crippen LogP contribution is 2.28. The number of ether oxygens (including phenoxy) is 1.